The minimum absolute atomic E-state index is 0.277. The van der Waals surface area contributed by atoms with Gasteiger partial charge < -0.3 is 24.5 Å². The maximum atomic E-state index is 11.3. The van der Waals surface area contributed by atoms with Crippen LogP contribution in [0.1, 0.15) is 13.3 Å². The van der Waals surface area contributed by atoms with Crippen LogP contribution in [0.15, 0.2) is 12.1 Å². The van der Waals surface area contributed by atoms with Gasteiger partial charge in [0.1, 0.15) is 6.61 Å². The van der Waals surface area contributed by atoms with Crippen LogP contribution in [0, 0.1) is 0 Å². The van der Waals surface area contributed by atoms with E-state index in [-0.39, 0.29) is 25.0 Å². The average molecular weight is 259 g/mol. The van der Waals surface area contributed by atoms with Crippen molar-refractivity contribution < 1.29 is 29.3 Å². The Labute approximate surface area is 104 Å². The number of carbonyl (C=O) groups excluding carboxylic acids is 1. The van der Waals surface area contributed by atoms with Gasteiger partial charge in [-0.2, -0.15) is 0 Å². The third-order valence-corrected chi connectivity index (χ3v) is 1.93. The molecule has 0 atom stereocenters. The smallest absolute Gasteiger partial charge is 0.358 e. The predicted octanol–water partition coefficient (Wildman–Crippen LogP) is 0.298. The molecule has 0 fully saturated rings. The van der Waals surface area contributed by atoms with Gasteiger partial charge in [0.15, 0.2) is 0 Å². The number of hydrogen-bond acceptors (Lipinski definition) is 6. The third-order valence-electron chi connectivity index (χ3n) is 1.93. The molecule has 1 heterocycles. The van der Waals surface area contributed by atoms with E-state index >= 15 is 0 Å². The maximum Gasteiger partial charge on any atom is 0.358 e. The molecule has 0 aromatic carbocycles. The minimum Gasteiger partial charge on any atom is -0.492 e. The Morgan fingerprint density at radius 1 is 1.17 bits per heavy atom. The number of nitrogens with zero attached hydrogens (tertiary/aromatic N) is 1. The first-order valence-electron chi connectivity index (χ1n) is 5.61. The van der Waals surface area contributed by atoms with E-state index in [4.69, 9.17) is 9.47 Å². The van der Waals surface area contributed by atoms with E-state index in [1.807, 2.05) is 6.92 Å². The predicted molar refractivity (Wildman–Crippen MR) is 61.3 cm³/mol. The van der Waals surface area contributed by atoms with E-state index < -0.39 is 5.97 Å². The Morgan fingerprint density at radius 3 is 2.39 bits per heavy atom. The summed E-state index contributed by atoms with van der Waals surface area (Å²) in [4.78, 5) is 15.9. The molecule has 0 saturated carbocycles. The Balaban J connectivity index is 2.18. The molecule has 102 valence electrons. The van der Waals surface area contributed by atoms with Crippen LogP contribution >= 0.6 is 0 Å². The lowest BCUT2D eigenvalue weighted by Gasteiger charge is -2.07. The number of aromatic hydroxyl groups is 2. The van der Waals surface area contributed by atoms with Gasteiger partial charge in [-0.05, 0) is 6.42 Å². The second-order valence-corrected chi connectivity index (χ2v) is 3.47. The van der Waals surface area contributed by atoms with Crippen LogP contribution in [-0.2, 0) is 14.3 Å². The minimum atomic E-state index is -0.729. The van der Waals surface area contributed by atoms with E-state index in [2.05, 4.69) is 4.84 Å². The monoisotopic (exact) mass is 259 g/mol. The highest BCUT2D eigenvalue weighted by Gasteiger charge is 2.11. The van der Waals surface area contributed by atoms with E-state index in [9.17, 15) is 15.0 Å². The van der Waals surface area contributed by atoms with E-state index in [0.29, 0.717) is 17.9 Å². The highest BCUT2D eigenvalue weighted by molar-refractivity contribution is 5.71. The largest absolute Gasteiger partial charge is 0.492 e. The van der Waals surface area contributed by atoms with Gasteiger partial charge in [-0.1, -0.05) is 6.92 Å². The molecule has 1 rings (SSSR count). The summed E-state index contributed by atoms with van der Waals surface area (Å²) < 4.78 is 10.8. The molecule has 0 radical (unpaired) electrons. The van der Waals surface area contributed by atoms with Gasteiger partial charge in [-0.15, -0.1) is 4.73 Å². The summed E-state index contributed by atoms with van der Waals surface area (Å²) >= 11 is 0. The zero-order chi connectivity index (χ0) is 13.4. The van der Waals surface area contributed by atoms with Gasteiger partial charge >= 0.3 is 5.97 Å². The Kier molecular flexibility index (Phi) is 6.03. The fourth-order valence-corrected chi connectivity index (χ4v) is 1.14. The lowest BCUT2D eigenvalue weighted by molar-refractivity contribution is -0.151. The first-order valence-corrected chi connectivity index (χ1v) is 5.61. The van der Waals surface area contributed by atoms with Crippen molar-refractivity contribution in [3.63, 3.8) is 0 Å². The van der Waals surface area contributed by atoms with Gasteiger partial charge in [0.2, 0.25) is 11.8 Å². The summed E-state index contributed by atoms with van der Waals surface area (Å²) in [6.45, 7) is 3.04. The van der Waals surface area contributed by atoms with Gasteiger partial charge in [0, 0.05) is 18.7 Å². The Hall–Kier alpha value is -1.73. The fourth-order valence-electron chi connectivity index (χ4n) is 1.14. The topological polar surface area (TPSA) is 90.2 Å². The zero-order valence-electron chi connectivity index (χ0n) is 10.2. The number of carbonyl (C=O) groups is 1. The third kappa shape index (κ3) is 4.64. The number of rotatable bonds is 8. The van der Waals surface area contributed by atoms with Crippen molar-refractivity contribution in [3.8, 4) is 11.8 Å². The number of hydrogen-bond donors (Lipinski definition) is 2. The van der Waals surface area contributed by atoms with Crippen molar-refractivity contribution in [2.75, 3.05) is 26.4 Å². The molecule has 18 heavy (non-hydrogen) atoms. The molecule has 1 aromatic heterocycles. The molecule has 0 aliphatic rings. The number of aromatic nitrogens is 1. The van der Waals surface area contributed by atoms with Gasteiger partial charge in [0.05, 0.1) is 13.2 Å². The normalized spacial score (nSPS) is 10.5. The van der Waals surface area contributed by atoms with Crippen molar-refractivity contribution in [2.45, 2.75) is 13.3 Å². The number of ether oxygens (including phenoxy) is 2. The molecule has 7 nitrogen and oxygen atoms in total. The molecule has 0 aliphatic heterocycles. The van der Waals surface area contributed by atoms with E-state index in [1.165, 1.54) is 12.1 Å². The zero-order valence-corrected chi connectivity index (χ0v) is 10.2. The first-order chi connectivity index (χ1) is 8.65. The van der Waals surface area contributed by atoms with Crippen LogP contribution in [0.5, 0.6) is 11.8 Å². The molecule has 0 saturated heterocycles. The van der Waals surface area contributed by atoms with Crippen LogP contribution in [0.3, 0.4) is 0 Å². The summed E-state index contributed by atoms with van der Waals surface area (Å²) in [7, 11) is 0. The van der Waals surface area contributed by atoms with Crippen LogP contribution < -0.4 is 4.84 Å². The molecule has 0 amide bonds. The van der Waals surface area contributed by atoms with Crippen LogP contribution in [0.4, 0.5) is 0 Å². The molecular formula is C11H17NO6. The van der Waals surface area contributed by atoms with Crippen molar-refractivity contribution in [1.29, 1.82) is 0 Å². The van der Waals surface area contributed by atoms with Gasteiger partial charge in [0.25, 0.3) is 0 Å². The van der Waals surface area contributed by atoms with Crippen LogP contribution in [0.25, 0.3) is 0 Å². The molecule has 0 unspecified atom stereocenters. The maximum absolute atomic E-state index is 11.3. The van der Waals surface area contributed by atoms with Crippen molar-refractivity contribution >= 4 is 5.97 Å². The van der Waals surface area contributed by atoms with Gasteiger partial charge in [-0.3, -0.25) is 0 Å². The first kappa shape index (κ1) is 14.3. The molecule has 0 bridgehead atoms. The van der Waals surface area contributed by atoms with E-state index in [0.717, 1.165) is 6.42 Å². The summed E-state index contributed by atoms with van der Waals surface area (Å²) in [6, 6.07) is 2.39. The van der Waals surface area contributed by atoms with Crippen molar-refractivity contribution in [2.24, 2.45) is 0 Å². The summed E-state index contributed by atoms with van der Waals surface area (Å²) in [6.07, 6.45) is 0.925. The highest BCUT2D eigenvalue weighted by atomic mass is 16.7. The van der Waals surface area contributed by atoms with Crippen LogP contribution in [0.2, 0.25) is 0 Å². The fraction of sp³-hybridized carbons (Fsp3) is 0.545. The Morgan fingerprint density at radius 2 is 1.78 bits per heavy atom. The summed E-state index contributed by atoms with van der Waals surface area (Å²) in [5.74, 6) is -1.47. The quantitative estimate of drug-likeness (QED) is 0.652. The molecule has 2 N–H and O–H groups in total. The second kappa shape index (κ2) is 7.57. The average Bonchev–Trinajstić information content (AvgIpc) is 2.65. The lowest BCUT2D eigenvalue weighted by atomic mass is 10.5. The summed E-state index contributed by atoms with van der Waals surface area (Å²) in [5, 5.41) is 18.4. The van der Waals surface area contributed by atoms with Crippen molar-refractivity contribution in [3.05, 3.63) is 12.1 Å². The lowest BCUT2D eigenvalue weighted by Crippen LogP contribution is -2.24. The molecule has 0 aliphatic carbocycles. The standard InChI is InChI=1S/C11H17NO6/c1-2-5-16-6-7-17-8-11(15)18-12-9(13)3-4-10(12)14/h3-4,13-14H,2,5-8H2,1H3. The van der Waals surface area contributed by atoms with Crippen molar-refractivity contribution in [1.82, 2.24) is 4.73 Å². The molecule has 0 spiro atoms. The molecular weight excluding hydrogens is 242 g/mol. The van der Waals surface area contributed by atoms with Gasteiger partial charge in [-0.25, -0.2) is 4.79 Å². The van der Waals surface area contributed by atoms with E-state index in [1.54, 1.807) is 0 Å². The summed E-state index contributed by atoms with van der Waals surface area (Å²) in [5.41, 5.74) is 0. The SMILES string of the molecule is CCCOCCOCC(=O)On1c(O)ccc1O. The van der Waals surface area contributed by atoms with Crippen LogP contribution in [-0.4, -0.2) is 47.3 Å². The Bertz CT molecular complexity index is 356. The molecule has 1 aromatic rings. The highest BCUT2D eigenvalue weighted by Crippen LogP contribution is 2.18. The molecule has 7 heteroatoms. The second-order valence-electron chi connectivity index (χ2n) is 3.47.